The van der Waals surface area contributed by atoms with Crippen molar-refractivity contribution in [1.29, 1.82) is 0 Å². The lowest BCUT2D eigenvalue weighted by Crippen LogP contribution is -2.32. The highest BCUT2D eigenvalue weighted by molar-refractivity contribution is 5.67. The lowest BCUT2D eigenvalue weighted by Gasteiger charge is -2.19. The summed E-state index contributed by atoms with van der Waals surface area (Å²) >= 11 is 0. The molecule has 0 spiro atoms. The average molecular weight is 262 g/mol. The number of hydrogen-bond donors (Lipinski definition) is 1. The molecule has 0 bridgehead atoms. The molecule has 1 aromatic rings. The minimum Gasteiger partial charge on any atom is -0.444 e. The maximum atomic E-state index is 11.4. The number of hydrogen-bond acceptors (Lipinski definition) is 2. The molecule has 0 atom stereocenters. The molecular weight excluding hydrogens is 238 g/mol. The Morgan fingerprint density at radius 3 is 2.53 bits per heavy atom. The Morgan fingerprint density at radius 2 is 1.89 bits per heavy atom. The van der Waals surface area contributed by atoms with E-state index in [1.165, 1.54) is 5.56 Å². The predicted molar refractivity (Wildman–Crippen MR) is 77.9 cm³/mol. The van der Waals surface area contributed by atoms with Crippen LogP contribution in [0.3, 0.4) is 0 Å². The van der Waals surface area contributed by atoms with E-state index >= 15 is 0 Å². The van der Waals surface area contributed by atoms with Gasteiger partial charge >= 0.3 is 6.09 Å². The minimum absolute atomic E-state index is 0.334. The topological polar surface area (TPSA) is 38.3 Å². The molecule has 0 aliphatic carbocycles. The maximum absolute atomic E-state index is 11.4. The zero-order valence-electron chi connectivity index (χ0n) is 12.1. The van der Waals surface area contributed by atoms with E-state index in [9.17, 15) is 4.79 Å². The third-order valence-electron chi connectivity index (χ3n) is 2.48. The van der Waals surface area contributed by atoms with E-state index in [0.717, 1.165) is 19.3 Å². The summed E-state index contributed by atoms with van der Waals surface area (Å²) in [4.78, 5) is 11.4. The van der Waals surface area contributed by atoms with E-state index in [4.69, 9.17) is 4.74 Å². The summed E-state index contributed by atoms with van der Waals surface area (Å²) in [7, 11) is 0. The predicted octanol–water partition coefficient (Wildman–Crippen LogP) is 3.93. The van der Waals surface area contributed by atoms with Crippen molar-refractivity contribution in [2.24, 2.45) is 0 Å². The van der Waals surface area contributed by atoms with Gasteiger partial charge in [0.25, 0.3) is 0 Å². The number of nitrogens with one attached hydrogen (secondary N) is 1. The van der Waals surface area contributed by atoms with Crippen molar-refractivity contribution < 1.29 is 9.53 Å². The number of alkyl carbamates (subject to hydrolysis) is 1. The molecule has 0 aliphatic rings. The second-order valence-corrected chi connectivity index (χ2v) is 5.54. The third-order valence-corrected chi connectivity index (χ3v) is 2.48. The van der Waals surface area contributed by atoms with Crippen LogP contribution in [0.25, 0.3) is 0 Å². The van der Waals surface area contributed by atoms with Crippen molar-refractivity contribution >= 4 is 6.09 Å². The van der Waals surface area contributed by atoms with Crippen LogP contribution in [0.4, 0.5) is 4.79 Å². The first kappa shape index (κ1) is 15.5. The molecule has 1 radical (unpaired) electrons. The van der Waals surface area contributed by atoms with Crippen LogP contribution in [0.1, 0.15) is 45.6 Å². The number of carbonyl (C=O) groups excluding carboxylic acids is 1. The number of unbranched alkanes of at least 4 members (excludes halogenated alkanes) is 2. The van der Waals surface area contributed by atoms with E-state index in [1.54, 1.807) is 0 Å². The van der Waals surface area contributed by atoms with Crippen LogP contribution in [-0.4, -0.2) is 18.2 Å². The second-order valence-electron chi connectivity index (χ2n) is 5.54. The van der Waals surface area contributed by atoms with E-state index in [0.29, 0.717) is 6.54 Å². The molecule has 0 fully saturated rings. The van der Waals surface area contributed by atoms with Crippen LogP contribution in [0.5, 0.6) is 0 Å². The highest BCUT2D eigenvalue weighted by Crippen LogP contribution is 2.08. The summed E-state index contributed by atoms with van der Waals surface area (Å²) < 4.78 is 5.16. The molecule has 105 valence electrons. The lowest BCUT2D eigenvalue weighted by atomic mass is 10.1. The summed E-state index contributed by atoms with van der Waals surface area (Å²) in [5, 5.41) is 2.76. The average Bonchev–Trinajstić information content (AvgIpc) is 2.32. The van der Waals surface area contributed by atoms with Gasteiger partial charge in [0, 0.05) is 6.54 Å². The number of ether oxygens (including phenoxy) is 1. The van der Waals surface area contributed by atoms with Crippen LogP contribution in [0.2, 0.25) is 0 Å². The molecule has 0 saturated carbocycles. The summed E-state index contributed by atoms with van der Waals surface area (Å²) in [5.74, 6) is 0. The fourth-order valence-corrected chi connectivity index (χ4v) is 1.63. The van der Waals surface area contributed by atoms with Gasteiger partial charge in [-0.1, -0.05) is 36.8 Å². The van der Waals surface area contributed by atoms with Crippen LogP contribution in [-0.2, 0) is 4.74 Å². The third kappa shape index (κ3) is 8.25. The van der Waals surface area contributed by atoms with Crippen LogP contribution >= 0.6 is 0 Å². The quantitative estimate of drug-likeness (QED) is 0.789. The molecule has 1 aromatic carbocycles. The van der Waals surface area contributed by atoms with Crippen molar-refractivity contribution in [3.8, 4) is 0 Å². The van der Waals surface area contributed by atoms with Crippen LogP contribution in [0.15, 0.2) is 30.3 Å². The molecule has 19 heavy (non-hydrogen) atoms. The molecule has 0 heterocycles. The zero-order chi connectivity index (χ0) is 14.1. The number of benzene rings is 1. The fourth-order valence-electron chi connectivity index (χ4n) is 1.63. The first-order valence-corrected chi connectivity index (χ1v) is 6.82. The second kappa shape index (κ2) is 7.82. The van der Waals surface area contributed by atoms with Crippen LogP contribution in [0, 0.1) is 6.42 Å². The molecule has 0 saturated heterocycles. The van der Waals surface area contributed by atoms with Crippen molar-refractivity contribution in [2.45, 2.75) is 45.6 Å². The molecule has 0 aromatic heterocycles. The van der Waals surface area contributed by atoms with Gasteiger partial charge in [0.15, 0.2) is 0 Å². The van der Waals surface area contributed by atoms with Crippen molar-refractivity contribution in [3.05, 3.63) is 42.3 Å². The van der Waals surface area contributed by atoms with Gasteiger partial charge in [-0.2, -0.15) is 0 Å². The molecule has 3 heteroatoms. The van der Waals surface area contributed by atoms with Gasteiger partial charge < -0.3 is 10.1 Å². The molecule has 0 unspecified atom stereocenters. The Hall–Kier alpha value is -1.51. The van der Waals surface area contributed by atoms with Gasteiger partial charge in [-0.05, 0) is 45.6 Å². The van der Waals surface area contributed by atoms with Crippen molar-refractivity contribution in [2.75, 3.05) is 6.54 Å². The Bertz CT molecular complexity index is 368. The Morgan fingerprint density at radius 1 is 1.21 bits per heavy atom. The minimum atomic E-state index is -0.425. The van der Waals surface area contributed by atoms with Gasteiger partial charge in [-0.15, -0.1) is 0 Å². The van der Waals surface area contributed by atoms with Crippen LogP contribution < -0.4 is 5.32 Å². The summed E-state index contributed by atoms with van der Waals surface area (Å²) in [6.45, 7) is 6.25. The molecule has 1 rings (SSSR count). The summed E-state index contributed by atoms with van der Waals surface area (Å²) in [6, 6.07) is 10.3. The van der Waals surface area contributed by atoms with Crippen molar-refractivity contribution in [1.82, 2.24) is 5.32 Å². The molecule has 1 N–H and O–H groups in total. The molecular formula is C16H24NO2. The Balaban J connectivity index is 2.01. The zero-order valence-corrected chi connectivity index (χ0v) is 12.1. The van der Waals surface area contributed by atoms with E-state index in [1.807, 2.05) is 39.0 Å². The summed E-state index contributed by atoms with van der Waals surface area (Å²) in [5.41, 5.74) is 0.827. The molecule has 0 aliphatic heterocycles. The van der Waals surface area contributed by atoms with E-state index in [2.05, 4.69) is 23.9 Å². The number of carbonyl (C=O) groups is 1. The van der Waals surface area contributed by atoms with E-state index in [-0.39, 0.29) is 6.09 Å². The smallest absolute Gasteiger partial charge is 0.407 e. The van der Waals surface area contributed by atoms with Gasteiger partial charge in [0.2, 0.25) is 0 Å². The van der Waals surface area contributed by atoms with Gasteiger partial charge in [0.1, 0.15) is 5.60 Å². The lowest BCUT2D eigenvalue weighted by molar-refractivity contribution is 0.0527. The SMILES string of the molecule is CC(C)(C)OC(=O)NCCCC[CH]c1ccccc1. The van der Waals surface area contributed by atoms with Crippen molar-refractivity contribution in [3.63, 3.8) is 0 Å². The first-order valence-electron chi connectivity index (χ1n) is 6.82. The first-order chi connectivity index (χ1) is 8.97. The van der Waals surface area contributed by atoms with E-state index < -0.39 is 5.60 Å². The number of rotatable bonds is 6. The molecule has 3 nitrogen and oxygen atoms in total. The van der Waals surface area contributed by atoms with Gasteiger partial charge in [-0.25, -0.2) is 4.79 Å². The fraction of sp³-hybridized carbons (Fsp3) is 0.500. The Labute approximate surface area is 116 Å². The summed E-state index contributed by atoms with van der Waals surface area (Å²) in [6.07, 6.45) is 4.93. The highest BCUT2D eigenvalue weighted by Gasteiger charge is 2.15. The maximum Gasteiger partial charge on any atom is 0.407 e. The Kier molecular flexibility index (Phi) is 6.40. The normalized spacial score (nSPS) is 11.1. The largest absolute Gasteiger partial charge is 0.444 e. The highest BCUT2D eigenvalue weighted by atomic mass is 16.6. The van der Waals surface area contributed by atoms with Gasteiger partial charge in [-0.3, -0.25) is 0 Å². The number of amides is 1. The molecule has 1 amide bonds. The standard InChI is InChI=1S/C16H24NO2/c1-16(2,3)19-15(18)17-13-9-5-8-12-14-10-6-4-7-11-14/h4,6-7,10-12H,5,8-9,13H2,1-3H3,(H,17,18). The monoisotopic (exact) mass is 262 g/mol. The van der Waals surface area contributed by atoms with Gasteiger partial charge in [0.05, 0.1) is 0 Å².